The van der Waals surface area contributed by atoms with Crippen LogP contribution in [0.25, 0.3) is 22.8 Å². The summed E-state index contributed by atoms with van der Waals surface area (Å²) in [5, 5.41) is 8.86. The van der Waals surface area contributed by atoms with Crippen molar-refractivity contribution in [3.8, 4) is 22.8 Å². The fourth-order valence-electron chi connectivity index (χ4n) is 6.66. The van der Waals surface area contributed by atoms with E-state index in [0.29, 0.717) is 56.0 Å². The first-order chi connectivity index (χ1) is 28.7. The van der Waals surface area contributed by atoms with E-state index in [9.17, 15) is 19.2 Å². The Kier molecular flexibility index (Phi) is 14.0. The van der Waals surface area contributed by atoms with Gasteiger partial charge < -0.3 is 20.6 Å². The number of aromatic carboxylic acids is 1. The number of anilines is 2. The third kappa shape index (κ3) is 10.5. The molecule has 0 unspecified atom stereocenters. The molecule has 6 aromatic rings. The predicted octanol–water partition coefficient (Wildman–Crippen LogP) is 6.33. The predicted molar refractivity (Wildman–Crippen MR) is 224 cm³/mol. The number of ketones is 1. The maximum absolute atomic E-state index is 12.4. The smallest absolute Gasteiger partial charge is 0.338 e. The van der Waals surface area contributed by atoms with Crippen LogP contribution in [-0.4, -0.2) is 71.7 Å². The van der Waals surface area contributed by atoms with Gasteiger partial charge in [0.1, 0.15) is 0 Å². The molecular weight excluding hydrogens is 747 g/mol. The number of nitrogens with zero attached hydrogens (tertiary/aromatic N) is 8. The van der Waals surface area contributed by atoms with Crippen LogP contribution in [0.2, 0.25) is 0 Å². The lowest BCUT2D eigenvalue weighted by atomic mass is 10.1. The highest BCUT2D eigenvalue weighted by Gasteiger charge is 2.25. The summed E-state index contributed by atoms with van der Waals surface area (Å²) >= 11 is 0. The number of aromatic nitrogens is 6. The molecule has 6 heterocycles. The number of carboxylic acid groups (broad SMARTS) is 1. The number of carboxylic acids is 1. The highest BCUT2D eigenvalue weighted by atomic mass is 16.4. The average molecular weight is 792 g/mol. The molecular formula is C45H45N9O5. The van der Waals surface area contributed by atoms with E-state index in [1.54, 1.807) is 42.1 Å². The number of pyridine rings is 2. The number of hydrogen-bond donors (Lipinski definition) is 2. The third-order valence-electron chi connectivity index (χ3n) is 9.87. The number of carbonyl (C=O) groups excluding carboxylic acids is 3. The molecule has 300 valence electrons. The van der Waals surface area contributed by atoms with Crippen LogP contribution in [0.15, 0.2) is 110 Å². The van der Waals surface area contributed by atoms with Crippen molar-refractivity contribution in [1.82, 2.24) is 29.9 Å². The molecule has 14 heteroatoms. The molecule has 0 atom stereocenters. The largest absolute Gasteiger partial charge is 0.478 e. The summed E-state index contributed by atoms with van der Waals surface area (Å²) in [4.78, 5) is 75.7. The van der Waals surface area contributed by atoms with E-state index < -0.39 is 5.97 Å². The van der Waals surface area contributed by atoms with Gasteiger partial charge >= 0.3 is 5.97 Å². The van der Waals surface area contributed by atoms with Crippen LogP contribution < -0.4 is 15.5 Å². The molecule has 3 N–H and O–H groups in total. The van der Waals surface area contributed by atoms with Gasteiger partial charge in [-0.2, -0.15) is 0 Å². The number of hydrogen-bond acceptors (Lipinski definition) is 11. The number of carbonyl (C=O) groups is 4. The average Bonchev–Trinajstić information content (AvgIpc) is 3.93. The van der Waals surface area contributed by atoms with E-state index in [-0.39, 0.29) is 23.2 Å². The van der Waals surface area contributed by atoms with Gasteiger partial charge in [-0.15, -0.1) is 0 Å². The molecule has 0 spiro atoms. The molecule has 2 aliphatic rings. The summed E-state index contributed by atoms with van der Waals surface area (Å²) in [6.45, 7) is 5.73. The van der Waals surface area contributed by atoms with E-state index in [2.05, 4.69) is 29.9 Å². The van der Waals surface area contributed by atoms with Crippen LogP contribution in [0.5, 0.6) is 0 Å². The molecule has 4 aromatic heterocycles. The summed E-state index contributed by atoms with van der Waals surface area (Å²) in [7, 11) is 0. The highest BCUT2D eigenvalue weighted by Crippen LogP contribution is 2.33. The van der Waals surface area contributed by atoms with E-state index in [1.165, 1.54) is 12.4 Å². The number of amides is 2. The summed E-state index contributed by atoms with van der Waals surface area (Å²) in [5.74, 6) is 0.290. The molecule has 0 saturated heterocycles. The van der Waals surface area contributed by atoms with Gasteiger partial charge in [0.25, 0.3) is 0 Å². The Morgan fingerprint density at radius 3 is 1.53 bits per heavy atom. The lowest BCUT2D eigenvalue weighted by Gasteiger charge is -2.16. The maximum Gasteiger partial charge on any atom is 0.338 e. The van der Waals surface area contributed by atoms with Gasteiger partial charge in [0.2, 0.25) is 11.8 Å². The van der Waals surface area contributed by atoms with Gasteiger partial charge in [-0.05, 0) is 90.0 Å². The Bertz CT molecular complexity index is 2390. The molecule has 8 rings (SSSR count). The molecule has 0 fully saturated rings. The highest BCUT2D eigenvalue weighted by molar-refractivity contribution is 5.97. The van der Waals surface area contributed by atoms with E-state index in [1.807, 2.05) is 79.4 Å². The van der Waals surface area contributed by atoms with Crippen LogP contribution in [0.1, 0.15) is 76.1 Å². The Hall–Kier alpha value is -7.06. The van der Waals surface area contributed by atoms with Gasteiger partial charge in [-0.25, -0.2) is 24.7 Å². The van der Waals surface area contributed by atoms with Crippen LogP contribution in [0.3, 0.4) is 0 Å². The Morgan fingerprint density at radius 1 is 0.644 bits per heavy atom. The zero-order valence-corrected chi connectivity index (χ0v) is 33.0. The number of rotatable bonds is 10. The van der Waals surface area contributed by atoms with Crippen molar-refractivity contribution in [3.05, 3.63) is 144 Å². The molecule has 0 saturated carbocycles. The van der Waals surface area contributed by atoms with Gasteiger partial charge in [0.15, 0.2) is 17.4 Å². The molecule has 2 amide bonds. The Balaban J connectivity index is 0.000000171. The minimum absolute atomic E-state index is 0.0167. The van der Waals surface area contributed by atoms with E-state index >= 15 is 0 Å². The fourth-order valence-corrected chi connectivity index (χ4v) is 6.66. The zero-order chi connectivity index (χ0) is 41.7. The first kappa shape index (κ1) is 41.6. The van der Waals surface area contributed by atoms with Crippen molar-refractivity contribution in [1.29, 1.82) is 0 Å². The second-order valence-corrected chi connectivity index (χ2v) is 13.7. The number of Topliss-reactive ketones (excluding diaryl/α,β-unsaturated/α-hetero) is 1. The second kappa shape index (κ2) is 19.9. The van der Waals surface area contributed by atoms with Crippen molar-refractivity contribution >= 4 is 34.9 Å². The molecule has 0 radical (unpaired) electrons. The summed E-state index contributed by atoms with van der Waals surface area (Å²) in [5.41, 5.74) is 13.8. The van der Waals surface area contributed by atoms with Gasteiger partial charge in [-0.3, -0.25) is 24.4 Å². The van der Waals surface area contributed by atoms with Crippen LogP contribution in [0, 0.1) is 0 Å². The minimum Gasteiger partial charge on any atom is -0.478 e. The van der Waals surface area contributed by atoms with E-state index in [0.717, 1.165) is 64.1 Å². The van der Waals surface area contributed by atoms with Crippen LogP contribution >= 0.6 is 0 Å². The molecule has 14 nitrogen and oxygen atoms in total. The van der Waals surface area contributed by atoms with Crippen LogP contribution in [-0.2, 0) is 35.4 Å². The molecule has 0 aliphatic carbocycles. The fraction of sp³-hybridized carbons (Fsp3) is 0.244. The number of fused-ring (bicyclic) bond motifs is 2. The zero-order valence-electron chi connectivity index (χ0n) is 33.0. The third-order valence-corrected chi connectivity index (χ3v) is 9.87. The van der Waals surface area contributed by atoms with Crippen molar-refractivity contribution in [2.75, 3.05) is 22.9 Å². The summed E-state index contributed by atoms with van der Waals surface area (Å²) < 4.78 is 0. The molecule has 59 heavy (non-hydrogen) atoms. The monoisotopic (exact) mass is 791 g/mol. The molecule has 2 aliphatic heterocycles. The Labute approximate surface area is 342 Å². The molecule has 0 bridgehead atoms. The molecule has 2 aromatic carbocycles. The maximum atomic E-state index is 12.4. The van der Waals surface area contributed by atoms with Gasteiger partial charge in [0.05, 0.1) is 11.1 Å². The summed E-state index contributed by atoms with van der Waals surface area (Å²) in [6.07, 6.45) is 16.4. The van der Waals surface area contributed by atoms with Crippen molar-refractivity contribution in [2.45, 2.75) is 58.9 Å². The number of benzene rings is 2. The first-order valence-electron chi connectivity index (χ1n) is 19.4. The number of aryl methyl sites for hydroxylation is 1. The van der Waals surface area contributed by atoms with Crippen LogP contribution in [0.4, 0.5) is 11.4 Å². The SMILES string of the molecule is CCC(=O)N1CCc2cc(-c3ncc(C(=O)CCc4cccnc4)cn3)ccc21.CCC(=O)N1CCc2cc(-c3ncc(C(=O)O)cn3)ccc21.NCc1cccnc1. The topological polar surface area (TPSA) is 198 Å². The quantitative estimate of drug-likeness (QED) is 0.146. The minimum atomic E-state index is -1.05. The normalized spacial score (nSPS) is 12.3. The standard InChI is InChI=1S/C23H22N4O2.C16H15N3O3.C6H8N2/c1-2-22(29)27-11-9-17-12-18(6-7-20(17)27)23-25-14-19(15-26-23)21(28)8-5-16-4-3-10-24-13-16;1-2-14(20)19-6-5-10-7-11(3-4-13(10)19)15-17-8-12(9-18-15)16(21)22;7-4-6-2-1-3-8-5-6/h3-4,6-7,10,12-15H,2,5,8-9,11H2,1H3;3-4,7-9H,2,5-6H2,1H3,(H,21,22);1-3,5H,4,7H2. The van der Waals surface area contributed by atoms with Crippen molar-refractivity contribution < 1.29 is 24.3 Å². The number of nitrogens with two attached hydrogens (primary N) is 1. The van der Waals surface area contributed by atoms with Gasteiger partial charge in [0, 0.05) is 111 Å². The van der Waals surface area contributed by atoms with Crippen molar-refractivity contribution in [2.24, 2.45) is 5.73 Å². The first-order valence-corrected chi connectivity index (χ1v) is 19.4. The second-order valence-electron chi connectivity index (χ2n) is 13.7. The summed E-state index contributed by atoms with van der Waals surface area (Å²) in [6, 6.07) is 19.3. The Morgan fingerprint density at radius 2 is 1.12 bits per heavy atom. The lowest BCUT2D eigenvalue weighted by molar-refractivity contribution is -0.119. The van der Waals surface area contributed by atoms with Crippen molar-refractivity contribution in [3.63, 3.8) is 0 Å². The van der Waals surface area contributed by atoms with E-state index in [4.69, 9.17) is 10.8 Å². The lowest BCUT2D eigenvalue weighted by Crippen LogP contribution is -2.27. The van der Waals surface area contributed by atoms with Gasteiger partial charge in [-0.1, -0.05) is 26.0 Å².